The minimum atomic E-state index is -3.64. The Morgan fingerprint density at radius 1 is 1.00 bits per heavy atom. The van der Waals surface area contributed by atoms with Crippen molar-refractivity contribution in [2.45, 2.75) is 24.8 Å². The maximum atomic E-state index is 12.5. The molecule has 0 unspecified atom stereocenters. The molecular formula is C19H22ClN3O4S. The van der Waals surface area contributed by atoms with Crippen molar-refractivity contribution in [3.05, 3.63) is 58.6 Å². The van der Waals surface area contributed by atoms with Gasteiger partial charge in [-0.05, 0) is 56.3 Å². The first kappa shape index (κ1) is 21.9. The predicted octanol–water partition coefficient (Wildman–Crippen LogP) is 2.98. The lowest BCUT2D eigenvalue weighted by atomic mass is 10.1. The predicted molar refractivity (Wildman–Crippen MR) is 109 cm³/mol. The Morgan fingerprint density at radius 2 is 1.57 bits per heavy atom. The van der Waals surface area contributed by atoms with Crippen LogP contribution in [0.4, 0.5) is 5.69 Å². The van der Waals surface area contributed by atoms with Gasteiger partial charge in [0.2, 0.25) is 10.0 Å². The second-order valence-electron chi connectivity index (χ2n) is 6.65. The van der Waals surface area contributed by atoms with E-state index in [2.05, 4.69) is 10.0 Å². The number of benzene rings is 2. The van der Waals surface area contributed by atoms with Gasteiger partial charge in [-0.1, -0.05) is 11.6 Å². The van der Waals surface area contributed by atoms with Gasteiger partial charge >= 0.3 is 0 Å². The molecule has 9 heteroatoms. The average molecular weight is 424 g/mol. The third-order valence-electron chi connectivity index (χ3n) is 3.69. The molecule has 2 rings (SSSR count). The van der Waals surface area contributed by atoms with E-state index in [1.165, 1.54) is 41.3 Å². The van der Waals surface area contributed by atoms with Crippen molar-refractivity contribution in [2.24, 2.45) is 0 Å². The summed E-state index contributed by atoms with van der Waals surface area (Å²) in [5, 5.41) is 2.93. The van der Waals surface area contributed by atoms with Crippen molar-refractivity contribution in [1.29, 1.82) is 0 Å². The molecule has 0 aromatic heterocycles. The Morgan fingerprint density at radius 3 is 2.11 bits per heavy atom. The molecule has 28 heavy (non-hydrogen) atoms. The number of carbonyl (C=O) groups excluding carboxylic acids is 2. The van der Waals surface area contributed by atoms with Crippen molar-refractivity contribution in [3.63, 3.8) is 0 Å². The number of hydrogen-bond acceptors (Lipinski definition) is 4. The van der Waals surface area contributed by atoms with Gasteiger partial charge in [0, 0.05) is 31.3 Å². The van der Waals surface area contributed by atoms with E-state index in [4.69, 9.17) is 11.6 Å². The number of sulfonamides is 1. The molecule has 0 bridgehead atoms. The van der Waals surface area contributed by atoms with E-state index < -0.39 is 15.9 Å². The number of hydrogen-bond donors (Lipinski definition) is 2. The molecule has 2 N–H and O–H groups in total. The number of amides is 2. The van der Waals surface area contributed by atoms with Crippen LogP contribution < -0.4 is 10.0 Å². The number of anilines is 1. The van der Waals surface area contributed by atoms with Crippen LogP contribution in [0.25, 0.3) is 0 Å². The molecule has 0 saturated heterocycles. The first-order valence-corrected chi connectivity index (χ1v) is 10.3. The lowest BCUT2D eigenvalue weighted by Gasteiger charge is -2.13. The number of nitrogens with zero attached hydrogens (tertiary/aromatic N) is 1. The van der Waals surface area contributed by atoms with Crippen LogP contribution >= 0.6 is 11.6 Å². The van der Waals surface area contributed by atoms with Gasteiger partial charge in [-0.15, -0.1) is 0 Å². The Kier molecular flexibility index (Phi) is 6.82. The molecule has 0 fully saturated rings. The van der Waals surface area contributed by atoms with Crippen molar-refractivity contribution < 1.29 is 18.0 Å². The highest BCUT2D eigenvalue weighted by Gasteiger charge is 2.17. The van der Waals surface area contributed by atoms with Crippen LogP contribution in [-0.4, -0.2) is 45.3 Å². The second-order valence-corrected chi connectivity index (χ2v) is 8.77. The highest BCUT2D eigenvalue weighted by Crippen LogP contribution is 2.24. The molecule has 0 aliphatic heterocycles. The summed E-state index contributed by atoms with van der Waals surface area (Å²) in [5.41, 5.74) is 0.923. The van der Waals surface area contributed by atoms with Gasteiger partial charge in [-0.2, -0.15) is 0 Å². The molecule has 0 spiro atoms. The molecule has 2 amide bonds. The zero-order valence-corrected chi connectivity index (χ0v) is 17.6. The highest BCUT2D eigenvalue weighted by molar-refractivity contribution is 7.89. The number of nitrogens with one attached hydrogen (secondary N) is 2. The Hall–Kier alpha value is -2.42. The SMILES string of the molecule is CC(C)NS(=O)(=O)c1ccc(C(=O)Nc2cc(C(=O)N(C)C)ccc2Cl)cc1. The smallest absolute Gasteiger partial charge is 0.255 e. The van der Waals surface area contributed by atoms with Gasteiger partial charge in [0.25, 0.3) is 11.8 Å². The molecule has 0 aliphatic carbocycles. The van der Waals surface area contributed by atoms with Crippen molar-refractivity contribution in [1.82, 2.24) is 9.62 Å². The lowest BCUT2D eigenvalue weighted by Crippen LogP contribution is -2.30. The summed E-state index contributed by atoms with van der Waals surface area (Å²) in [6.07, 6.45) is 0. The summed E-state index contributed by atoms with van der Waals surface area (Å²) in [7, 11) is -0.388. The first-order chi connectivity index (χ1) is 13.0. The van der Waals surface area contributed by atoms with Crippen molar-refractivity contribution >= 4 is 39.1 Å². The van der Waals surface area contributed by atoms with E-state index >= 15 is 0 Å². The normalized spacial score (nSPS) is 11.4. The van der Waals surface area contributed by atoms with Crippen molar-refractivity contribution in [3.8, 4) is 0 Å². The fourth-order valence-corrected chi connectivity index (χ4v) is 3.79. The fraction of sp³-hybridized carbons (Fsp3) is 0.263. The maximum Gasteiger partial charge on any atom is 0.255 e. The van der Waals surface area contributed by atoms with Gasteiger partial charge in [-0.25, -0.2) is 13.1 Å². The molecule has 0 atom stereocenters. The van der Waals surface area contributed by atoms with Gasteiger partial charge in [-0.3, -0.25) is 9.59 Å². The molecule has 2 aromatic rings. The van der Waals surface area contributed by atoms with Crippen LogP contribution in [0, 0.1) is 0 Å². The number of carbonyl (C=O) groups is 2. The zero-order chi connectivity index (χ0) is 21.1. The van der Waals surface area contributed by atoms with Gasteiger partial charge in [0.15, 0.2) is 0 Å². The minimum absolute atomic E-state index is 0.0642. The summed E-state index contributed by atoms with van der Waals surface area (Å²) in [6, 6.07) is 9.88. The van der Waals surface area contributed by atoms with Crippen molar-refractivity contribution in [2.75, 3.05) is 19.4 Å². The second kappa shape index (κ2) is 8.72. The first-order valence-electron chi connectivity index (χ1n) is 8.46. The van der Waals surface area contributed by atoms with Gasteiger partial charge in [0.1, 0.15) is 0 Å². The average Bonchev–Trinajstić information content (AvgIpc) is 2.61. The standard InChI is InChI=1S/C19H22ClN3O4S/c1-12(2)22-28(26,27)15-8-5-13(6-9-15)18(24)21-17-11-14(7-10-16(17)20)19(25)23(3)4/h5-12,22H,1-4H3,(H,21,24). The molecule has 7 nitrogen and oxygen atoms in total. The number of halogens is 1. The Labute approximate surface area is 169 Å². The largest absolute Gasteiger partial charge is 0.345 e. The minimum Gasteiger partial charge on any atom is -0.345 e. The van der Waals surface area contributed by atoms with E-state index in [0.717, 1.165) is 0 Å². The van der Waals surface area contributed by atoms with Crippen LogP contribution in [0.5, 0.6) is 0 Å². The summed E-state index contributed by atoms with van der Waals surface area (Å²) in [4.78, 5) is 26.0. The summed E-state index contributed by atoms with van der Waals surface area (Å²) in [6.45, 7) is 3.44. The molecule has 2 aromatic carbocycles. The molecule has 0 radical (unpaired) electrons. The lowest BCUT2D eigenvalue weighted by molar-refractivity contribution is 0.0827. The molecule has 0 aliphatic rings. The Bertz CT molecular complexity index is 987. The van der Waals surface area contributed by atoms with E-state index in [-0.39, 0.29) is 33.1 Å². The molecule has 150 valence electrons. The van der Waals surface area contributed by atoms with E-state index in [1.807, 2.05) is 0 Å². The van der Waals surface area contributed by atoms with Crippen LogP contribution in [0.1, 0.15) is 34.6 Å². The maximum absolute atomic E-state index is 12.5. The van der Waals surface area contributed by atoms with Crippen LogP contribution in [0.2, 0.25) is 5.02 Å². The topological polar surface area (TPSA) is 95.6 Å². The Balaban J connectivity index is 2.22. The summed E-state index contributed by atoms with van der Waals surface area (Å²) >= 11 is 6.12. The third kappa shape index (κ3) is 5.31. The van der Waals surface area contributed by atoms with Crippen LogP contribution in [0.15, 0.2) is 47.4 Å². The van der Waals surface area contributed by atoms with E-state index in [9.17, 15) is 18.0 Å². The van der Waals surface area contributed by atoms with E-state index in [0.29, 0.717) is 5.56 Å². The van der Waals surface area contributed by atoms with E-state index in [1.54, 1.807) is 34.0 Å². The highest BCUT2D eigenvalue weighted by atomic mass is 35.5. The summed E-state index contributed by atoms with van der Waals surface area (Å²) < 4.78 is 26.8. The van der Waals surface area contributed by atoms with Gasteiger partial charge in [0.05, 0.1) is 15.6 Å². The molecule has 0 saturated carbocycles. The fourth-order valence-electron chi connectivity index (χ4n) is 2.37. The molecular weight excluding hydrogens is 402 g/mol. The quantitative estimate of drug-likeness (QED) is 0.746. The van der Waals surface area contributed by atoms with Crippen LogP contribution in [-0.2, 0) is 10.0 Å². The van der Waals surface area contributed by atoms with Crippen LogP contribution in [0.3, 0.4) is 0 Å². The third-order valence-corrected chi connectivity index (χ3v) is 5.69. The zero-order valence-electron chi connectivity index (χ0n) is 16.0. The van der Waals surface area contributed by atoms with Gasteiger partial charge < -0.3 is 10.2 Å². The number of rotatable bonds is 6. The summed E-state index contributed by atoms with van der Waals surface area (Å²) in [5.74, 6) is -0.698. The monoisotopic (exact) mass is 423 g/mol. The molecule has 0 heterocycles.